The summed E-state index contributed by atoms with van der Waals surface area (Å²) in [6, 6.07) is 6.62. The molecule has 1 fully saturated rings. The van der Waals surface area contributed by atoms with Gasteiger partial charge in [0.1, 0.15) is 4.90 Å². The summed E-state index contributed by atoms with van der Waals surface area (Å²) in [6.07, 6.45) is 1.79. The molecule has 0 atom stereocenters. The van der Waals surface area contributed by atoms with E-state index in [0.717, 1.165) is 19.4 Å². The summed E-state index contributed by atoms with van der Waals surface area (Å²) >= 11 is 5.99. The maximum absolute atomic E-state index is 12.5. The first-order chi connectivity index (χ1) is 9.05. The summed E-state index contributed by atoms with van der Waals surface area (Å²) in [6.45, 7) is 2.08. The number of hydrogen-bond acceptors (Lipinski definition) is 3. The van der Waals surface area contributed by atoms with Crippen molar-refractivity contribution in [3.63, 3.8) is 0 Å². The fourth-order valence-electron chi connectivity index (χ4n) is 2.44. The van der Waals surface area contributed by atoms with E-state index in [4.69, 9.17) is 11.6 Å². The highest BCUT2D eigenvalue weighted by Crippen LogP contribution is 2.27. The maximum atomic E-state index is 12.5. The van der Waals surface area contributed by atoms with Crippen LogP contribution in [0.2, 0.25) is 5.02 Å². The average Bonchev–Trinajstić information content (AvgIpc) is 2.40. The van der Waals surface area contributed by atoms with Crippen molar-refractivity contribution in [3.05, 3.63) is 29.3 Å². The molecule has 0 aromatic heterocycles. The summed E-state index contributed by atoms with van der Waals surface area (Å²) in [5.74, 6) is 0.558. The standard InChI is InChI=1S/C13H19ClN2O2S.ClH/c1-15-10-11-6-8-16(9-7-11)19(17,18)13-5-3-2-4-12(13)14;/h2-5,11,15H,6-10H2,1H3;1H. The molecule has 1 saturated heterocycles. The lowest BCUT2D eigenvalue weighted by Crippen LogP contribution is -2.40. The van der Waals surface area contributed by atoms with Crippen molar-refractivity contribution in [2.24, 2.45) is 5.92 Å². The minimum Gasteiger partial charge on any atom is -0.319 e. The van der Waals surface area contributed by atoms with E-state index >= 15 is 0 Å². The van der Waals surface area contributed by atoms with Gasteiger partial charge in [-0.1, -0.05) is 23.7 Å². The molecule has 0 bridgehead atoms. The van der Waals surface area contributed by atoms with Crippen molar-refractivity contribution in [2.75, 3.05) is 26.7 Å². The Morgan fingerprint density at radius 2 is 1.90 bits per heavy atom. The molecule has 7 heteroatoms. The summed E-state index contributed by atoms with van der Waals surface area (Å²) in [5, 5.41) is 3.43. The van der Waals surface area contributed by atoms with Gasteiger partial charge in [0.05, 0.1) is 5.02 Å². The number of nitrogens with one attached hydrogen (secondary N) is 1. The molecule has 114 valence electrons. The van der Waals surface area contributed by atoms with Crippen LogP contribution in [0.5, 0.6) is 0 Å². The molecule has 0 amide bonds. The average molecular weight is 339 g/mol. The van der Waals surface area contributed by atoms with E-state index in [1.54, 1.807) is 28.6 Å². The Kier molecular flexibility index (Phi) is 6.75. The molecule has 0 unspecified atom stereocenters. The Balaban J connectivity index is 0.00000200. The van der Waals surface area contributed by atoms with Crippen molar-refractivity contribution in [3.8, 4) is 0 Å². The van der Waals surface area contributed by atoms with Crippen LogP contribution in [0.3, 0.4) is 0 Å². The fraction of sp³-hybridized carbons (Fsp3) is 0.538. The number of hydrogen-bond donors (Lipinski definition) is 1. The highest BCUT2D eigenvalue weighted by atomic mass is 35.5. The molecule has 0 spiro atoms. The van der Waals surface area contributed by atoms with Crippen LogP contribution in [0.25, 0.3) is 0 Å². The lowest BCUT2D eigenvalue weighted by Gasteiger charge is -2.31. The van der Waals surface area contributed by atoms with Gasteiger partial charge >= 0.3 is 0 Å². The van der Waals surface area contributed by atoms with E-state index in [0.29, 0.717) is 24.0 Å². The Morgan fingerprint density at radius 1 is 1.30 bits per heavy atom. The first-order valence-corrected chi connectivity index (χ1v) is 8.27. The Morgan fingerprint density at radius 3 is 2.45 bits per heavy atom. The van der Waals surface area contributed by atoms with Gasteiger partial charge in [-0.25, -0.2) is 8.42 Å². The quantitative estimate of drug-likeness (QED) is 0.916. The van der Waals surface area contributed by atoms with Crippen molar-refractivity contribution in [1.82, 2.24) is 9.62 Å². The molecule has 0 saturated carbocycles. The van der Waals surface area contributed by atoms with Gasteiger partial charge < -0.3 is 5.32 Å². The monoisotopic (exact) mass is 338 g/mol. The molecular weight excluding hydrogens is 319 g/mol. The minimum absolute atomic E-state index is 0. The third-order valence-electron chi connectivity index (χ3n) is 3.52. The summed E-state index contributed by atoms with van der Waals surface area (Å²) in [7, 11) is -1.53. The number of benzene rings is 1. The van der Waals surface area contributed by atoms with E-state index < -0.39 is 10.0 Å². The van der Waals surface area contributed by atoms with Gasteiger partial charge in [-0.3, -0.25) is 0 Å². The van der Waals surface area contributed by atoms with Crippen LogP contribution >= 0.6 is 24.0 Å². The van der Waals surface area contributed by atoms with Gasteiger partial charge in [0.15, 0.2) is 0 Å². The van der Waals surface area contributed by atoms with Crippen LogP contribution in [-0.2, 0) is 10.0 Å². The number of halogens is 2. The second-order valence-corrected chi connectivity index (χ2v) is 7.15. The molecule has 1 heterocycles. The van der Waals surface area contributed by atoms with E-state index in [2.05, 4.69) is 5.32 Å². The number of sulfonamides is 1. The zero-order chi connectivity index (χ0) is 13.9. The third kappa shape index (κ3) is 3.86. The molecule has 1 aromatic carbocycles. The van der Waals surface area contributed by atoms with Crippen LogP contribution in [0.4, 0.5) is 0 Å². The van der Waals surface area contributed by atoms with Crippen molar-refractivity contribution in [2.45, 2.75) is 17.7 Å². The topological polar surface area (TPSA) is 49.4 Å². The van der Waals surface area contributed by atoms with Crippen molar-refractivity contribution < 1.29 is 8.42 Å². The molecule has 1 aromatic rings. The smallest absolute Gasteiger partial charge is 0.244 e. The molecule has 1 aliphatic heterocycles. The molecule has 0 radical (unpaired) electrons. The summed E-state index contributed by atoms with van der Waals surface area (Å²) in [4.78, 5) is 0.212. The fourth-order valence-corrected chi connectivity index (χ4v) is 4.40. The van der Waals surface area contributed by atoms with E-state index in [1.165, 1.54) is 0 Å². The second-order valence-electron chi connectivity index (χ2n) is 4.84. The largest absolute Gasteiger partial charge is 0.319 e. The van der Waals surface area contributed by atoms with Gasteiger partial charge in [0.25, 0.3) is 0 Å². The zero-order valence-electron chi connectivity index (χ0n) is 11.4. The van der Waals surface area contributed by atoms with E-state index in [1.807, 2.05) is 7.05 Å². The van der Waals surface area contributed by atoms with Crippen molar-refractivity contribution >= 4 is 34.0 Å². The molecule has 4 nitrogen and oxygen atoms in total. The minimum atomic E-state index is -3.45. The number of nitrogens with zero attached hydrogens (tertiary/aromatic N) is 1. The zero-order valence-corrected chi connectivity index (χ0v) is 13.8. The van der Waals surface area contributed by atoms with Gasteiger partial charge in [-0.05, 0) is 44.5 Å². The highest BCUT2D eigenvalue weighted by Gasteiger charge is 2.30. The number of rotatable bonds is 4. The van der Waals surface area contributed by atoms with Crippen molar-refractivity contribution in [1.29, 1.82) is 0 Å². The Hall–Kier alpha value is -0.330. The predicted molar refractivity (Wildman–Crippen MR) is 84.1 cm³/mol. The Bertz CT molecular complexity index is 529. The maximum Gasteiger partial charge on any atom is 0.244 e. The van der Waals surface area contributed by atoms with Crippen LogP contribution in [0, 0.1) is 5.92 Å². The van der Waals surface area contributed by atoms with Crippen LogP contribution < -0.4 is 5.32 Å². The normalized spacial score (nSPS) is 17.7. The predicted octanol–water partition coefficient (Wildman–Crippen LogP) is 2.38. The lowest BCUT2D eigenvalue weighted by molar-refractivity contribution is 0.270. The number of piperidine rings is 1. The van der Waals surface area contributed by atoms with Crippen LogP contribution in [0.15, 0.2) is 29.2 Å². The summed E-state index contributed by atoms with van der Waals surface area (Å²) in [5.41, 5.74) is 0. The van der Waals surface area contributed by atoms with Gasteiger partial charge in [0.2, 0.25) is 10.0 Å². The molecule has 20 heavy (non-hydrogen) atoms. The van der Waals surface area contributed by atoms with Crippen LogP contribution in [-0.4, -0.2) is 39.4 Å². The van der Waals surface area contributed by atoms with Gasteiger partial charge in [0, 0.05) is 13.1 Å². The van der Waals surface area contributed by atoms with Crippen LogP contribution in [0.1, 0.15) is 12.8 Å². The lowest BCUT2D eigenvalue weighted by atomic mass is 9.98. The molecule has 0 aliphatic carbocycles. The molecule has 1 N–H and O–H groups in total. The third-order valence-corrected chi connectivity index (χ3v) is 5.92. The first-order valence-electron chi connectivity index (χ1n) is 6.45. The Labute approximate surface area is 132 Å². The van der Waals surface area contributed by atoms with E-state index in [-0.39, 0.29) is 17.3 Å². The SMILES string of the molecule is CNCC1CCN(S(=O)(=O)c2ccccc2Cl)CC1.Cl. The first kappa shape index (κ1) is 17.7. The highest BCUT2D eigenvalue weighted by molar-refractivity contribution is 7.89. The molecule has 1 aliphatic rings. The summed E-state index contributed by atoms with van der Waals surface area (Å²) < 4.78 is 26.5. The van der Waals surface area contributed by atoms with E-state index in [9.17, 15) is 8.42 Å². The second kappa shape index (κ2) is 7.61. The molecule has 2 rings (SSSR count). The molecular formula is C13H20Cl2N2O2S. The van der Waals surface area contributed by atoms with Gasteiger partial charge in [-0.2, -0.15) is 4.31 Å². The van der Waals surface area contributed by atoms with Gasteiger partial charge in [-0.15, -0.1) is 12.4 Å².